The molecule has 0 aliphatic carbocycles. The van der Waals surface area contributed by atoms with Gasteiger partial charge in [-0.2, -0.15) is 9.40 Å². The molecule has 158 valence electrons. The molecular formula is C19H22N6O4S. The largest absolute Gasteiger partial charge is 0.496 e. The zero-order chi connectivity index (χ0) is 21.1. The lowest BCUT2D eigenvalue weighted by Gasteiger charge is -2.20. The monoisotopic (exact) mass is 430 g/mol. The molecule has 3 heterocycles. The van der Waals surface area contributed by atoms with Crippen LogP contribution in [0, 0.1) is 0 Å². The zero-order valence-electron chi connectivity index (χ0n) is 16.4. The van der Waals surface area contributed by atoms with Gasteiger partial charge in [-0.1, -0.05) is 12.1 Å². The number of nitrogens with one attached hydrogen (secondary N) is 2. The summed E-state index contributed by atoms with van der Waals surface area (Å²) in [6, 6.07) is 9.12. The second kappa shape index (κ2) is 8.28. The smallest absolute Gasteiger partial charge is 0.271 e. The van der Waals surface area contributed by atoms with E-state index in [0.29, 0.717) is 36.6 Å². The van der Waals surface area contributed by atoms with Gasteiger partial charge in [0.2, 0.25) is 0 Å². The zero-order valence-corrected chi connectivity index (χ0v) is 17.2. The fraction of sp³-hybridized carbons (Fsp3) is 0.316. The number of aromatic nitrogens is 4. The molecule has 30 heavy (non-hydrogen) atoms. The van der Waals surface area contributed by atoms with Crippen LogP contribution in [-0.2, 0) is 10.0 Å². The summed E-state index contributed by atoms with van der Waals surface area (Å²) in [6.07, 6.45) is 3.15. The van der Waals surface area contributed by atoms with Crippen molar-refractivity contribution in [3.8, 4) is 17.0 Å². The molecule has 0 atom stereocenters. The number of hydrogen-bond acceptors (Lipinski definition) is 6. The molecule has 1 aromatic carbocycles. The van der Waals surface area contributed by atoms with Crippen LogP contribution in [0.1, 0.15) is 16.9 Å². The summed E-state index contributed by atoms with van der Waals surface area (Å²) in [5.74, 6) is 0.446. The molecule has 10 nitrogen and oxygen atoms in total. The van der Waals surface area contributed by atoms with Crippen molar-refractivity contribution in [1.82, 2.24) is 29.4 Å². The maximum absolute atomic E-state index is 13.0. The Labute approximate surface area is 173 Å². The minimum atomic E-state index is -3.65. The number of benzene rings is 1. The van der Waals surface area contributed by atoms with E-state index in [4.69, 9.17) is 4.74 Å². The van der Waals surface area contributed by atoms with E-state index in [1.807, 2.05) is 24.3 Å². The van der Waals surface area contributed by atoms with E-state index in [-0.39, 0.29) is 24.0 Å². The quantitative estimate of drug-likeness (QED) is 0.630. The number of H-pyrrole nitrogens is 2. The Balaban J connectivity index is 1.48. The average molecular weight is 430 g/mol. The molecule has 3 aromatic rings. The molecule has 1 aliphatic rings. The molecule has 2 N–H and O–H groups in total. The van der Waals surface area contributed by atoms with E-state index >= 15 is 0 Å². The van der Waals surface area contributed by atoms with Crippen LogP contribution in [-0.4, -0.2) is 77.0 Å². The average Bonchev–Trinajstić information content (AvgIpc) is 3.41. The first kappa shape index (κ1) is 20.1. The lowest BCUT2D eigenvalue weighted by molar-refractivity contribution is 0.0758. The van der Waals surface area contributed by atoms with Crippen molar-refractivity contribution in [3.05, 3.63) is 48.5 Å². The van der Waals surface area contributed by atoms with Gasteiger partial charge in [-0.25, -0.2) is 13.4 Å². The predicted octanol–water partition coefficient (Wildman–Crippen LogP) is 1.35. The van der Waals surface area contributed by atoms with Crippen LogP contribution < -0.4 is 4.74 Å². The van der Waals surface area contributed by atoms with Crippen molar-refractivity contribution in [3.63, 3.8) is 0 Å². The van der Waals surface area contributed by atoms with E-state index in [1.165, 1.54) is 16.8 Å². The Bertz CT molecular complexity index is 1130. The maximum Gasteiger partial charge on any atom is 0.271 e. The lowest BCUT2D eigenvalue weighted by atomic mass is 10.1. The molecule has 0 saturated carbocycles. The molecule has 1 saturated heterocycles. The molecule has 0 spiro atoms. The van der Waals surface area contributed by atoms with Crippen LogP contribution in [0.2, 0.25) is 0 Å². The second-order valence-electron chi connectivity index (χ2n) is 6.83. The summed E-state index contributed by atoms with van der Waals surface area (Å²) in [7, 11) is -2.07. The third-order valence-corrected chi connectivity index (χ3v) is 6.85. The molecular weight excluding hydrogens is 408 g/mol. The van der Waals surface area contributed by atoms with Gasteiger partial charge in [0.1, 0.15) is 11.4 Å². The third kappa shape index (κ3) is 3.81. The van der Waals surface area contributed by atoms with Gasteiger partial charge in [-0.3, -0.25) is 9.89 Å². The van der Waals surface area contributed by atoms with E-state index in [9.17, 15) is 13.2 Å². The van der Waals surface area contributed by atoms with Crippen molar-refractivity contribution >= 4 is 15.9 Å². The first-order valence-corrected chi connectivity index (χ1v) is 10.9. The lowest BCUT2D eigenvalue weighted by Crippen LogP contribution is -2.37. The van der Waals surface area contributed by atoms with E-state index < -0.39 is 10.0 Å². The standard InChI is InChI=1S/C19H22N6O4S/c1-29-17-6-3-2-5-14(17)15-11-16(23-22-15)19(26)24-7-4-8-25(10-9-24)30(27,28)18-12-20-13-21-18/h2-3,5-6,11-13H,4,7-10H2,1H3,(H,20,21)(H,22,23). The SMILES string of the molecule is COc1ccccc1-c1cc(C(=O)N2CCCN(S(=O)(=O)c3cnc[nH]3)CC2)[nH]n1. The summed E-state index contributed by atoms with van der Waals surface area (Å²) in [6.45, 7) is 1.28. The number of sulfonamides is 1. The summed E-state index contributed by atoms with van der Waals surface area (Å²) < 4.78 is 32.1. The summed E-state index contributed by atoms with van der Waals surface area (Å²) in [5.41, 5.74) is 1.73. The van der Waals surface area contributed by atoms with Crippen molar-refractivity contribution < 1.29 is 17.9 Å². The molecule has 1 fully saturated rings. The van der Waals surface area contributed by atoms with Crippen LogP contribution in [0.5, 0.6) is 5.75 Å². The number of carbonyl (C=O) groups is 1. The molecule has 2 aromatic heterocycles. The Hall–Kier alpha value is -3.18. The number of amides is 1. The van der Waals surface area contributed by atoms with Gasteiger partial charge in [0.05, 0.1) is 25.3 Å². The summed E-state index contributed by atoms with van der Waals surface area (Å²) in [5, 5.41) is 7.10. The number of methoxy groups -OCH3 is 1. The highest BCUT2D eigenvalue weighted by molar-refractivity contribution is 7.89. The number of para-hydroxylation sites is 1. The van der Waals surface area contributed by atoms with E-state index in [1.54, 1.807) is 18.1 Å². The highest BCUT2D eigenvalue weighted by Crippen LogP contribution is 2.28. The second-order valence-corrected chi connectivity index (χ2v) is 8.74. The number of rotatable bonds is 5. The molecule has 0 bridgehead atoms. The first-order valence-electron chi connectivity index (χ1n) is 9.47. The van der Waals surface area contributed by atoms with Gasteiger partial charge < -0.3 is 14.6 Å². The number of carbonyl (C=O) groups excluding carboxylic acids is 1. The molecule has 11 heteroatoms. The van der Waals surface area contributed by atoms with Crippen molar-refractivity contribution in [1.29, 1.82) is 0 Å². The van der Waals surface area contributed by atoms with E-state index in [2.05, 4.69) is 20.2 Å². The fourth-order valence-corrected chi connectivity index (χ4v) is 4.82. The minimum absolute atomic E-state index is 0.0531. The van der Waals surface area contributed by atoms with Crippen molar-refractivity contribution in [2.24, 2.45) is 0 Å². The topological polar surface area (TPSA) is 124 Å². The van der Waals surface area contributed by atoms with Crippen LogP contribution in [0.3, 0.4) is 0 Å². The number of nitrogens with zero attached hydrogens (tertiary/aromatic N) is 4. The minimum Gasteiger partial charge on any atom is -0.496 e. The van der Waals surface area contributed by atoms with Crippen LogP contribution in [0.15, 0.2) is 47.9 Å². The Morgan fingerprint density at radius 3 is 2.77 bits per heavy atom. The van der Waals surface area contributed by atoms with Gasteiger partial charge in [0.25, 0.3) is 15.9 Å². The number of ether oxygens (including phenoxy) is 1. The van der Waals surface area contributed by atoms with Crippen molar-refractivity contribution in [2.75, 3.05) is 33.3 Å². The van der Waals surface area contributed by atoms with Crippen LogP contribution in [0.4, 0.5) is 0 Å². The summed E-state index contributed by atoms with van der Waals surface area (Å²) in [4.78, 5) is 21.0. The highest BCUT2D eigenvalue weighted by atomic mass is 32.2. The van der Waals surface area contributed by atoms with Crippen LogP contribution in [0.25, 0.3) is 11.3 Å². The number of hydrogen-bond donors (Lipinski definition) is 2. The Morgan fingerprint density at radius 2 is 2.00 bits per heavy atom. The third-order valence-electron chi connectivity index (χ3n) is 5.02. The normalized spacial score (nSPS) is 15.7. The maximum atomic E-state index is 13.0. The van der Waals surface area contributed by atoms with Gasteiger partial charge in [-0.15, -0.1) is 0 Å². The number of aromatic amines is 2. The van der Waals surface area contributed by atoms with Crippen LogP contribution >= 0.6 is 0 Å². The Morgan fingerprint density at radius 1 is 1.17 bits per heavy atom. The molecule has 1 amide bonds. The van der Waals surface area contributed by atoms with Crippen molar-refractivity contribution in [2.45, 2.75) is 11.4 Å². The predicted molar refractivity (Wildman–Crippen MR) is 108 cm³/mol. The first-order chi connectivity index (χ1) is 14.5. The molecule has 4 rings (SSSR count). The fourth-order valence-electron chi connectivity index (χ4n) is 3.46. The summed E-state index contributed by atoms with van der Waals surface area (Å²) >= 11 is 0. The van der Waals surface area contributed by atoms with Gasteiger partial charge in [0, 0.05) is 31.7 Å². The highest BCUT2D eigenvalue weighted by Gasteiger charge is 2.30. The van der Waals surface area contributed by atoms with Gasteiger partial charge in [-0.05, 0) is 24.6 Å². The number of imidazole rings is 1. The molecule has 0 radical (unpaired) electrons. The van der Waals surface area contributed by atoms with Gasteiger partial charge >= 0.3 is 0 Å². The Kier molecular flexibility index (Phi) is 5.55. The molecule has 1 aliphatic heterocycles. The molecule has 0 unspecified atom stereocenters. The van der Waals surface area contributed by atoms with Gasteiger partial charge in [0.15, 0.2) is 5.03 Å². The van der Waals surface area contributed by atoms with E-state index in [0.717, 1.165) is 5.56 Å².